The van der Waals surface area contributed by atoms with Crippen LogP contribution in [0.25, 0.3) is 0 Å². The van der Waals surface area contributed by atoms with Crippen LogP contribution in [0.2, 0.25) is 0 Å². The molecule has 1 saturated carbocycles. The third kappa shape index (κ3) is 3.32. The van der Waals surface area contributed by atoms with Crippen molar-refractivity contribution in [3.8, 4) is 0 Å². The molecule has 1 saturated heterocycles. The van der Waals surface area contributed by atoms with Gasteiger partial charge in [0, 0.05) is 19.1 Å². The number of rotatable bonds is 2. The minimum atomic E-state index is -1.06. The van der Waals surface area contributed by atoms with Crippen LogP contribution in [0.5, 0.6) is 0 Å². The maximum atomic E-state index is 11.4. The first-order valence-electron chi connectivity index (χ1n) is 7.50. The van der Waals surface area contributed by atoms with Gasteiger partial charge in [0.05, 0.1) is 11.2 Å². The van der Waals surface area contributed by atoms with Crippen molar-refractivity contribution >= 4 is 5.97 Å². The molecule has 2 fully saturated rings. The summed E-state index contributed by atoms with van der Waals surface area (Å²) in [6.07, 6.45) is 3.02. The summed E-state index contributed by atoms with van der Waals surface area (Å²) in [7, 11) is 0. The molecule has 0 aromatic carbocycles. The van der Waals surface area contributed by atoms with Gasteiger partial charge in [-0.1, -0.05) is 0 Å². The van der Waals surface area contributed by atoms with Crippen LogP contribution in [-0.2, 0) is 9.53 Å². The van der Waals surface area contributed by atoms with Crippen molar-refractivity contribution < 1.29 is 14.6 Å². The number of aliphatic carboxylic acids is 1. The molecular weight excluding hydrogens is 256 g/mol. The second kappa shape index (κ2) is 4.97. The summed E-state index contributed by atoms with van der Waals surface area (Å²) in [5.74, 6) is -0.867. The van der Waals surface area contributed by atoms with Gasteiger partial charge in [-0.3, -0.25) is 9.69 Å². The van der Waals surface area contributed by atoms with Gasteiger partial charge >= 0.3 is 5.97 Å². The van der Waals surface area contributed by atoms with Crippen molar-refractivity contribution in [2.45, 2.75) is 76.2 Å². The Bertz CT molecular complexity index is 379. The lowest BCUT2D eigenvalue weighted by Gasteiger charge is -2.51. The molecule has 1 aliphatic heterocycles. The first-order chi connectivity index (χ1) is 9.03. The van der Waals surface area contributed by atoms with Gasteiger partial charge in [-0.05, 0) is 53.4 Å². The van der Waals surface area contributed by atoms with Crippen LogP contribution < -0.4 is 5.73 Å². The van der Waals surface area contributed by atoms with Gasteiger partial charge in [-0.25, -0.2) is 0 Å². The number of nitrogens with zero attached hydrogens (tertiary/aromatic N) is 1. The van der Waals surface area contributed by atoms with Crippen molar-refractivity contribution in [3.63, 3.8) is 0 Å². The predicted molar refractivity (Wildman–Crippen MR) is 77.6 cm³/mol. The van der Waals surface area contributed by atoms with E-state index in [0.717, 1.165) is 25.9 Å². The van der Waals surface area contributed by atoms with Gasteiger partial charge in [-0.15, -0.1) is 0 Å². The molecule has 0 amide bonds. The maximum absolute atomic E-state index is 11.4. The minimum Gasteiger partial charge on any atom is -0.480 e. The molecule has 2 unspecified atom stereocenters. The summed E-state index contributed by atoms with van der Waals surface area (Å²) in [6.45, 7) is 10.0. The zero-order chi connectivity index (χ0) is 15.2. The number of morpholine rings is 1. The van der Waals surface area contributed by atoms with E-state index in [1.807, 2.05) is 0 Å². The molecule has 0 spiro atoms. The average molecular weight is 284 g/mol. The van der Waals surface area contributed by atoms with Gasteiger partial charge in [0.15, 0.2) is 0 Å². The Morgan fingerprint density at radius 3 is 2.30 bits per heavy atom. The van der Waals surface area contributed by atoms with Crippen molar-refractivity contribution in [2.24, 2.45) is 5.73 Å². The Hall–Kier alpha value is -0.650. The zero-order valence-electron chi connectivity index (χ0n) is 13.1. The summed E-state index contributed by atoms with van der Waals surface area (Å²) in [5, 5.41) is 9.35. The van der Waals surface area contributed by atoms with Gasteiger partial charge in [-0.2, -0.15) is 0 Å². The van der Waals surface area contributed by atoms with Crippen LogP contribution in [0.4, 0.5) is 0 Å². The zero-order valence-corrected chi connectivity index (χ0v) is 13.1. The number of carbonyl (C=O) groups is 1. The van der Waals surface area contributed by atoms with Crippen LogP contribution >= 0.6 is 0 Å². The lowest BCUT2D eigenvalue weighted by molar-refractivity contribution is -0.191. The van der Waals surface area contributed by atoms with Crippen LogP contribution in [0, 0.1) is 0 Å². The summed E-state index contributed by atoms with van der Waals surface area (Å²) in [4.78, 5) is 13.8. The van der Waals surface area contributed by atoms with Crippen LogP contribution in [-0.4, -0.2) is 51.8 Å². The summed E-state index contributed by atoms with van der Waals surface area (Å²) in [5.41, 5.74) is 4.60. The van der Waals surface area contributed by atoms with Gasteiger partial charge in [0.2, 0.25) is 0 Å². The fourth-order valence-corrected chi connectivity index (χ4v) is 3.89. The van der Waals surface area contributed by atoms with E-state index in [0.29, 0.717) is 12.8 Å². The fraction of sp³-hybridized carbons (Fsp3) is 0.933. The van der Waals surface area contributed by atoms with E-state index in [1.54, 1.807) is 0 Å². The Kier molecular flexibility index (Phi) is 3.91. The highest BCUT2D eigenvalue weighted by Gasteiger charge is 2.45. The standard InChI is InChI=1S/C15H28N2O3/c1-13(2)9-17(10-14(3,4)20-13)11-6-5-7-15(16,8-11)12(18)19/h11H,5-10,16H2,1-4H3,(H,18,19). The van der Waals surface area contributed by atoms with E-state index >= 15 is 0 Å². The third-order valence-electron chi connectivity index (χ3n) is 4.42. The molecule has 0 bridgehead atoms. The Morgan fingerprint density at radius 2 is 1.80 bits per heavy atom. The molecule has 2 atom stereocenters. The Morgan fingerprint density at radius 1 is 1.25 bits per heavy atom. The van der Waals surface area contributed by atoms with E-state index in [9.17, 15) is 9.90 Å². The summed E-state index contributed by atoms with van der Waals surface area (Å²) < 4.78 is 6.09. The lowest BCUT2D eigenvalue weighted by atomic mass is 9.78. The molecule has 116 valence electrons. The molecule has 3 N–H and O–H groups in total. The van der Waals surface area contributed by atoms with E-state index in [1.165, 1.54) is 0 Å². The molecule has 20 heavy (non-hydrogen) atoms. The highest BCUT2D eigenvalue weighted by molar-refractivity contribution is 5.78. The topological polar surface area (TPSA) is 75.8 Å². The van der Waals surface area contributed by atoms with Crippen molar-refractivity contribution in [2.75, 3.05) is 13.1 Å². The Labute approximate surface area is 121 Å². The quantitative estimate of drug-likeness (QED) is 0.805. The minimum absolute atomic E-state index is 0.209. The van der Waals surface area contributed by atoms with Gasteiger partial charge < -0.3 is 15.6 Å². The van der Waals surface area contributed by atoms with E-state index in [2.05, 4.69) is 32.6 Å². The van der Waals surface area contributed by atoms with Crippen LogP contribution in [0.3, 0.4) is 0 Å². The molecule has 0 aromatic heterocycles. The van der Waals surface area contributed by atoms with Crippen molar-refractivity contribution in [3.05, 3.63) is 0 Å². The van der Waals surface area contributed by atoms with E-state index < -0.39 is 11.5 Å². The van der Waals surface area contributed by atoms with Crippen LogP contribution in [0.1, 0.15) is 53.4 Å². The number of nitrogens with two attached hydrogens (primary N) is 1. The maximum Gasteiger partial charge on any atom is 0.323 e. The SMILES string of the molecule is CC1(C)CN(C2CCCC(N)(C(=O)O)C2)CC(C)(C)O1. The summed E-state index contributed by atoms with van der Waals surface area (Å²) >= 11 is 0. The first kappa shape index (κ1) is 15.7. The molecule has 2 aliphatic rings. The van der Waals surface area contributed by atoms with E-state index in [-0.39, 0.29) is 17.2 Å². The van der Waals surface area contributed by atoms with Crippen LogP contribution in [0.15, 0.2) is 0 Å². The molecule has 5 nitrogen and oxygen atoms in total. The number of carboxylic acids is 1. The average Bonchev–Trinajstić information content (AvgIpc) is 2.24. The number of carboxylic acid groups (broad SMARTS) is 1. The highest BCUT2D eigenvalue weighted by atomic mass is 16.5. The van der Waals surface area contributed by atoms with Crippen molar-refractivity contribution in [1.82, 2.24) is 4.90 Å². The molecule has 1 heterocycles. The van der Waals surface area contributed by atoms with Gasteiger partial charge in [0.25, 0.3) is 0 Å². The monoisotopic (exact) mass is 284 g/mol. The highest BCUT2D eigenvalue weighted by Crippen LogP contribution is 2.35. The largest absolute Gasteiger partial charge is 0.480 e. The predicted octanol–water partition coefficient (Wildman–Crippen LogP) is 1.60. The molecule has 2 rings (SSSR count). The molecule has 1 aliphatic carbocycles. The molecule has 5 heteroatoms. The first-order valence-corrected chi connectivity index (χ1v) is 7.50. The second-order valence-corrected chi connectivity index (χ2v) is 7.74. The smallest absolute Gasteiger partial charge is 0.323 e. The summed E-state index contributed by atoms with van der Waals surface area (Å²) in [6, 6.07) is 0.243. The molecule has 0 radical (unpaired) electrons. The van der Waals surface area contributed by atoms with Crippen molar-refractivity contribution in [1.29, 1.82) is 0 Å². The Balaban J connectivity index is 2.12. The second-order valence-electron chi connectivity index (χ2n) is 7.74. The fourth-order valence-electron chi connectivity index (χ4n) is 3.89. The number of hydrogen-bond acceptors (Lipinski definition) is 4. The number of ether oxygens (including phenoxy) is 1. The number of hydrogen-bond donors (Lipinski definition) is 2. The molecular formula is C15H28N2O3. The third-order valence-corrected chi connectivity index (χ3v) is 4.42. The van der Waals surface area contributed by atoms with Gasteiger partial charge in [0.1, 0.15) is 5.54 Å². The lowest BCUT2D eigenvalue weighted by Crippen LogP contribution is -2.63. The molecule has 0 aromatic rings. The van der Waals surface area contributed by atoms with E-state index in [4.69, 9.17) is 10.5 Å². The normalized spacial score (nSPS) is 37.5.